The Bertz CT molecular complexity index is 288. The topological polar surface area (TPSA) is 101 Å². The normalized spacial score (nSPS) is 19.4. The Morgan fingerprint density at radius 1 is 1.39 bits per heavy atom. The molecule has 0 aromatic carbocycles. The van der Waals surface area contributed by atoms with Crippen LogP contribution in [-0.2, 0) is 9.59 Å². The largest absolute Gasteiger partial charge is 0.370 e. The highest BCUT2D eigenvalue weighted by Gasteiger charge is 2.17. The molecular formula is C12H24N4O2. The second-order valence-electron chi connectivity index (χ2n) is 5.09. The minimum absolute atomic E-state index is 0.104. The molecule has 0 bridgehead atoms. The summed E-state index contributed by atoms with van der Waals surface area (Å²) >= 11 is 0. The highest BCUT2D eigenvalue weighted by Crippen LogP contribution is 2.14. The maximum atomic E-state index is 11.5. The molecule has 6 heteroatoms. The van der Waals surface area contributed by atoms with E-state index < -0.39 is 11.9 Å². The van der Waals surface area contributed by atoms with E-state index in [1.54, 1.807) is 0 Å². The van der Waals surface area contributed by atoms with Gasteiger partial charge < -0.3 is 21.7 Å². The number of hydrogen-bond acceptors (Lipinski definition) is 4. The van der Waals surface area contributed by atoms with E-state index in [1.165, 1.54) is 12.8 Å². The van der Waals surface area contributed by atoms with Crippen molar-refractivity contribution in [3.63, 3.8) is 0 Å². The van der Waals surface area contributed by atoms with Crippen LogP contribution in [0.4, 0.5) is 0 Å². The molecule has 1 fully saturated rings. The summed E-state index contributed by atoms with van der Waals surface area (Å²) in [6.45, 7) is 5.85. The fourth-order valence-electron chi connectivity index (χ4n) is 2.06. The van der Waals surface area contributed by atoms with Crippen LogP contribution in [0.15, 0.2) is 0 Å². The molecule has 1 aliphatic heterocycles. The summed E-state index contributed by atoms with van der Waals surface area (Å²) in [6, 6.07) is -0.830. The molecule has 1 rings (SSSR count). The van der Waals surface area contributed by atoms with Crippen LogP contribution in [0.25, 0.3) is 0 Å². The summed E-state index contributed by atoms with van der Waals surface area (Å²) in [6.07, 6.45) is 2.33. The van der Waals surface area contributed by atoms with Crippen LogP contribution in [0, 0.1) is 5.92 Å². The van der Waals surface area contributed by atoms with Gasteiger partial charge in [-0.25, -0.2) is 0 Å². The lowest BCUT2D eigenvalue weighted by Gasteiger charge is -2.30. The van der Waals surface area contributed by atoms with Crippen molar-refractivity contribution in [1.82, 2.24) is 10.2 Å². The summed E-state index contributed by atoms with van der Waals surface area (Å²) < 4.78 is 0. The number of nitrogens with zero attached hydrogens (tertiary/aromatic N) is 1. The Hall–Kier alpha value is -1.14. The molecule has 5 N–H and O–H groups in total. The zero-order chi connectivity index (χ0) is 13.5. The number of nitrogens with one attached hydrogen (secondary N) is 1. The van der Waals surface area contributed by atoms with E-state index in [9.17, 15) is 9.59 Å². The molecule has 18 heavy (non-hydrogen) atoms. The molecule has 2 amide bonds. The molecule has 1 atom stereocenters. The van der Waals surface area contributed by atoms with Crippen molar-refractivity contribution in [3.05, 3.63) is 0 Å². The van der Waals surface area contributed by atoms with Crippen LogP contribution >= 0.6 is 0 Å². The van der Waals surface area contributed by atoms with Crippen molar-refractivity contribution in [2.45, 2.75) is 32.2 Å². The Morgan fingerprint density at radius 2 is 2.00 bits per heavy atom. The molecule has 0 saturated carbocycles. The van der Waals surface area contributed by atoms with Crippen molar-refractivity contribution in [3.8, 4) is 0 Å². The van der Waals surface area contributed by atoms with Gasteiger partial charge in [-0.1, -0.05) is 6.92 Å². The van der Waals surface area contributed by atoms with E-state index in [2.05, 4.69) is 17.1 Å². The second kappa shape index (κ2) is 7.33. The lowest BCUT2D eigenvalue weighted by atomic mass is 9.99. The van der Waals surface area contributed by atoms with Gasteiger partial charge in [-0.15, -0.1) is 0 Å². The third kappa shape index (κ3) is 5.46. The first kappa shape index (κ1) is 14.9. The van der Waals surface area contributed by atoms with Crippen molar-refractivity contribution in [2.75, 3.05) is 26.2 Å². The summed E-state index contributed by atoms with van der Waals surface area (Å²) in [4.78, 5) is 24.5. The fourth-order valence-corrected chi connectivity index (χ4v) is 2.06. The molecule has 0 aromatic heterocycles. The van der Waals surface area contributed by atoms with E-state index in [-0.39, 0.29) is 12.3 Å². The molecule has 0 aliphatic carbocycles. The van der Waals surface area contributed by atoms with Crippen molar-refractivity contribution < 1.29 is 9.59 Å². The molecule has 104 valence electrons. The van der Waals surface area contributed by atoms with Gasteiger partial charge in [-0.05, 0) is 31.8 Å². The number of rotatable bonds is 6. The zero-order valence-electron chi connectivity index (χ0n) is 11.0. The van der Waals surface area contributed by atoms with Crippen molar-refractivity contribution >= 4 is 11.8 Å². The van der Waals surface area contributed by atoms with Gasteiger partial charge in [0.25, 0.3) is 0 Å². The number of likely N-dealkylation sites (tertiary alicyclic amines) is 1. The third-order valence-electron chi connectivity index (χ3n) is 3.36. The van der Waals surface area contributed by atoms with Gasteiger partial charge in [-0.2, -0.15) is 0 Å². The van der Waals surface area contributed by atoms with Gasteiger partial charge in [0.2, 0.25) is 11.8 Å². The lowest BCUT2D eigenvalue weighted by molar-refractivity contribution is -0.126. The molecule has 0 radical (unpaired) electrons. The van der Waals surface area contributed by atoms with Gasteiger partial charge in [0, 0.05) is 13.1 Å². The highest BCUT2D eigenvalue weighted by atomic mass is 16.2. The maximum Gasteiger partial charge on any atom is 0.237 e. The van der Waals surface area contributed by atoms with E-state index in [4.69, 9.17) is 11.5 Å². The lowest BCUT2D eigenvalue weighted by Crippen LogP contribution is -2.46. The summed E-state index contributed by atoms with van der Waals surface area (Å²) in [7, 11) is 0. The average molecular weight is 256 g/mol. The minimum atomic E-state index is -0.830. The van der Waals surface area contributed by atoms with Gasteiger partial charge in [-0.3, -0.25) is 9.59 Å². The third-order valence-corrected chi connectivity index (χ3v) is 3.36. The number of primary amides is 1. The Kier molecular flexibility index (Phi) is 6.07. The zero-order valence-corrected chi connectivity index (χ0v) is 11.0. The summed E-state index contributed by atoms with van der Waals surface area (Å²) in [5, 5.41) is 2.73. The van der Waals surface area contributed by atoms with Crippen LogP contribution in [0.2, 0.25) is 0 Å². The van der Waals surface area contributed by atoms with Crippen LogP contribution < -0.4 is 16.8 Å². The summed E-state index contributed by atoms with van der Waals surface area (Å²) in [5.41, 5.74) is 10.5. The quantitative estimate of drug-likeness (QED) is 0.569. The van der Waals surface area contributed by atoms with E-state index in [0.717, 1.165) is 25.6 Å². The van der Waals surface area contributed by atoms with Gasteiger partial charge in [0.1, 0.15) is 0 Å². The Labute approximate surface area is 108 Å². The average Bonchev–Trinajstić information content (AvgIpc) is 2.30. The molecular weight excluding hydrogens is 232 g/mol. The Morgan fingerprint density at radius 3 is 2.56 bits per heavy atom. The van der Waals surface area contributed by atoms with Crippen LogP contribution in [-0.4, -0.2) is 48.9 Å². The van der Waals surface area contributed by atoms with Gasteiger partial charge >= 0.3 is 0 Å². The van der Waals surface area contributed by atoms with Gasteiger partial charge in [0.05, 0.1) is 12.5 Å². The molecule has 1 aliphatic rings. The minimum Gasteiger partial charge on any atom is -0.370 e. The van der Waals surface area contributed by atoms with Crippen LogP contribution in [0.3, 0.4) is 0 Å². The summed E-state index contributed by atoms with van der Waals surface area (Å²) in [5.74, 6) is -0.0540. The van der Waals surface area contributed by atoms with Crippen LogP contribution in [0.1, 0.15) is 26.2 Å². The fraction of sp³-hybridized carbons (Fsp3) is 0.833. The van der Waals surface area contributed by atoms with Gasteiger partial charge in [0.15, 0.2) is 0 Å². The number of carbonyl (C=O) groups is 2. The first-order valence-electron chi connectivity index (χ1n) is 6.53. The molecule has 1 saturated heterocycles. The predicted octanol–water partition coefficient (Wildman–Crippen LogP) is -0.963. The number of nitrogens with two attached hydrogens (primary N) is 2. The van der Waals surface area contributed by atoms with Crippen molar-refractivity contribution in [1.29, 1.82) is 0 Å². The molecule has 6 nitrogen and oxygen atoms in total. The predicted molar refractivity (Wildman–Crippen MR) is 69.6 cm³/mol. The number of amides is 2. The van der Waals surface area contributed by atoms with Crippen LogP contribution in [0.5, 0.6) is 0 Å². The highest BCUT2D eigenvalue weighted by molar-refractivity contribution is 5.87. The molecule has 0 aromatic rings. The van der Waals surface area contributed by atoms with Crippen molar-refractivity contribution in [2.24, 2.45) is 17.4 Å². The van der Waals surface area contributed by atoms with E-state index >= 15 is 0 Å². The smallest absolute Gasteiger partial charge is 0.237 e. The number of carbonyl (C=O) groups excluding carboxylic acids is 2. The maximum absolute atomic E-state index is 11.5. The SMILES string of the molecule is CC1CCN(CCNC(=O)C(N)CC(N)=O)CC1. The Balaban J connectivity index is 2.13. The van der Waals surface area contributed by atoms with E-state index in [1.807, 2.05) is 0 Å². The first-order valence-corrected chi connectivity index (χ1v) is 6.53. The molecule has 1 unspecified atom stereocenters. The van der Waals surface area contributed by atoms with E-state index in [0.29, 0.717) is 6.54 Å². The first-order chi connectivity index (χ1) is 8.49. The monoisotopic (exact) mass is 256 g/mol. The molecule has 1 heterocycles. The molecule has 0 spiro atoms. The number of piperidine rings is 1. The standard InChI is InChI=1S/C12H24N4O2/c1-9-2-5-16(6-3-9)7-4-15-12(18)10(13)8-11(14)17/h9-10H,2-8,13H2,1H3,(H2,14,17)(H,15,18). The second-order valence-corrected chi connectivity index (χ2v) is 5.09. The number of hydrogen-bond donors (Lipinski definition) is 3.